The summed E-state index contributed by atoms with van der Waals surface area (Å²) in [6.07, 6.45) is 3.86. The number of aryl methyl sites for hydroxylation is 2. The molecular formula is C14H18N4O2S. The molecule has 6 nitrogen and oxygen atoms in total. The Morgan fingerprint density at radius 1 is 1.52 bits per heavy atom. The fourth-order valence-corrected chi connectivity index (χ4v) is 3.97. The average Bonchev–Trinajstić information content (AvgIpc) is 2.99. The molecule has 21 heavy (non-hydrogen) atoms. The summed E-state index contributed by atoms with van der Waals surface area (Å²) in [6.45, 7) is 2.86. The number of ether oxygens (including phenoxy) is 1. The fourth-order valence-electron chi connectivity index (χ4n) is 2.75. The standard InChI is InChI=1S/C14H18N4O2S/c1-4-18-13-9-7-15-17(2)10(9)5-6-11(13)21-14(18)16-12(19)8-20-3/h7H,4-6,8H2,1-3H3. The van der Waals surface area contributed by atoms with Crippen molar-refractivity contribution in [3.05, 3.63) is 21.6 Å². The van der Waals surface area contributed by atoms with Crippen LogP contribution in [0.4, 0.5) is 0 Å². The van der Waals surface area contributed by atoms with E-state index in [4.69, 9.17) is 4.74 Å². The molecule has 0 radical (unpaired) electrons. The maximum absolute atomic E-state index is 11.7. The predicted molar refractivity (Wildman–Crippen MR) is 80.0 cm³/mol. The molecular weight excluding hydrogens is 288 g/mol. The third-order valence-electron chi connectivity index (χ3n) is 3.69. The summed E-state index contributed by atoms with van der Waals surface area (Å²) in [5.74, 6) is -0.246. The van der Waals surface area contributed by atoms with Gasteiger partial charge in [-0.05, 0) is 19.8 Å². The van der Waals surface area contributed by atoms with E-state index in [9.17, 15) is 4.79 Å². The van der Waals surface area contributed by atoms with Crippen molar-refractivity contribution >= 4 is 17.2 Å². The largest absolute Gasteiger partial charge is 0.375 e. The molecule has 0 aromatic carbocycles. The van der Waals surface area contributed by atoms with Crippen LogP contribution in [0, 0.1) is 0 Å². The number of thiazole rings is 1. The van der Waals surface area contributed by atoms with Crippen LogP contribution in [0.15, 0.2) is 11.2 Å². The fraction of sp³-hybridized carbons (Fsp3) is 0.500. The van der Waals surface area contributed by atoms with Crippen LogP contribution in [-0.4, -0.2) is 34.0 Å². The number of nitrogens with zero attached hydrogens (tertiary/aromatic N) is 4. The van der Waals surface area contributed by atoms with Crippen molar-refractivity contribution in [3.63, 3.8) is 0 Å². The van der Waals surface area contributed by atoms with Gasteiger partial charge in [0.05, 0.1) is 11.9 Å². The smallest absolute Gasteiger partial charge is 0.274 e. The number of methoxy groups -OCH3 is 1. The van der Waals surface area contributed by atoms with E-state index in [-0.39, 0.29) is 12.5 Å². The molecule has 0 bridgehead atoms. The van der Waals surface area contributed by atoms with Crippen LogP contribution in [0.25, 0.3) is 11.3 Å². The molecule has 1 amide bonds. The molecule has 2 aromatic heterocycles. The van der Waals surface area contributed by atoms with Gasteiger partial charge < -0.3 is 9.30 Å². The molecule has 0 saturated heterocycles. The minimum Gasteiger partial charge on any atom is -0.375 e. The summed E-state index contributed by atoms with van der Waals surface area (Å²) in [6, 6.07) is 0. The Hall–Kier alpha value is -1.73. The first-order chi connectivity index (χ1) is 10.2. The highest BCUT2D eigenvalue weighted by Crippen LogP contribution is 2.34. The Morgan fingerprint density at radius 3 is 3.05 bits per heavy atom. The van der Waals surface area contributed by atoms with Gasteiger partial charge in [0.1, 0.15) is 6.61 Å². The van der Waals surface area contributed by atoms with Gasteiger partial charge in [0.15, 0.2) is 4.80 Å². The Labute approximate surface area is 126 Å². The molecule has 1 aliphatic rings. The number of aromatic nitrogens is 3. The summed E-state index contributed by atoms with van der Waals surface area (Å²) in [7, 11) is 3.47. The molecule has 0 fully saturated rings. The van der Waals surface area contributed by atoms with Crippen molar-refractivity contribution in [2.24, 2.45) is 12.0 Å². The molecule has 3 rings (SSSR count). The number of hydrogen-bond donors (Lipinski definition) is 0. The van der Waals surface area contributed by atoms with Crippen LogP contribution in [0.5, 0.6) is 0 Å². The lowest BCUT2D eigenvalue weighted by molar-refractivity contribution is -0.121. The van der Waals surface area contributed by atoms with Gasteiger partial charge in [0.25, 0.3) is 5.91 Å². The van der Waals surface area contributed by atoms with Gasteiger partial charge in [-0.25, -0.2) is 0 Å². The average molecular weight is 306 g/mol. The molecule has 0 atom stereocenters. The van der Waals surface area contributed by atoms with Gasteiger partial charge in [0, 0.05) is 36.8 Å². The number of fused-ring (bicyclic) bond motifs is 3. The van der Waals surface area contributed by atoms with Gasteiger partial charge in [-0.1, -0.05) is 0 Å². The molecule has 2 aromatic rings. The Kier molecular flexibility index (Phi) is 3.77. The first-order valence-corrected chi connectivity index (χ1v) is 7.77. The van der Waals surface area contributed by atoms with Crippen LogP contribution in [-0.2, 0) is 36.0 Å². The molecule has 1 aliphatic carbocycles. The van der Waals surface area contributed by atoms with E-state index in [1.165, 1.54) is 23.4 Å². The van der Waals surface area contributed by atoms with Crippen molar-refractivity contribution in [3.8, 4) is 11.3 Å². The van der Waals surface area contributed by atoms with Gasteiger partial charge in [-0.3, -0.25) is 9.48 Å². The van der Waals surface area contributed by atoms with Crippen LogP contribution in [0.3, 0.4) is 0 Å². The molecule has 0 spiro atoms. The Bertz CT molecular complexity index is 754. The Balaban J connectivity index is 2.16. The second kappa shape index (κ2) is 5.57. The lowest BCUT2D eigenvalue weighted by atomic mass is 10.00. The third-order valence-corrected chi connectivity index (χ3v) is 4.83. The maximum Gasteiger partial charge on any atom is 0.274 e. The zero-order chi connectivity index (χ0) is 15.0. The quantitative estimate of drug-likeness (QED) is 0.854. The van der Waals surface area contributed by atoms with Gasteiger partial charge >= 0.3 is 0 Å². The van der Waals surface area contributed by atoms with Gasteiger partial charge in [-0.2, -0.15) is 10.1 Å². The van der Waals surface area contributed by atoms with Crippen LogP contribution < -0.4 is 4.80 Å². The second-order valence-corrected chi connectivity index (χ2v) is 6.03. The van der Waals surface area contributed by atoms with E-state index < -0.39 is 0 Å². The minimum atomic E-state index is -0.246. The van der Waals surface area contributed by atoms with Crippen LogP contribution >= 0.6 is 11.3 Å². The zero-order valence-corrected chi connectivity index (χ0v) is 13.2. The topological polar surface area (TPSA) is 61.4 Å². The number of hydrogen-bond acceptors (Lipinski definition) is 4. The molecule has 0 aliphatic heterocycles. The normalized spacial score (nSPS) is 14.1. The highest BCUT2D eigenvalue weighted by Gasteiger charge is 2.24. The van der Waals surface area contributed by atoms with Crippen molar-refractivity contribution in [2.75, 3.05) is 13.7 Å². The minimum absolute atomic E-state index is 0.0183. The molecule has 7 heteroatoms. The number of carbonyl (C=O) groups is 1. The van der Waals surface area contributed by atoms with E-state index in [0.717, 1.165) is 29.8 Å². The zero-order valence-electron chi connectivity index (χ0n) is 12.4. The third kappa shape index (κ3) is 2.36. The van der Waals surface area contributed by atoms with Crippen molar-refractivity contribution in [2.45, 2.75) is 26.3 Å². The summed E-state index contributed by atoms with van der Waals surface area (Å²) in [5, 5.41) is 4.36. The molecule has 2 heterocycles. The molecule has 0 unspecified atom stereocenters. The van der Waals surface area contributed by atoms with Gasteiger partial charge in [-0.15, -0.1) is 11.3 Å². The van der Waals surface area contributed by atoms with E-state index >= 15 is 0 Å². The lowest BCUT2D eigenvalue weighted by Gasteiger charge is -2.15. The molecule has 0 saturated carbocycles. The summed E-state index contributed by atoms with van der Waals surface area (Å²) in [5.41, 5.74) is 3.58. The number of carbonyl (C=O) groups excluding carboxylic acids is 1. The Morgan fingerprint density at radius 2 is 2.33 bits per heavy atom. The van der Waals surface area contributed by atoms with Crippen molar-refractivity contribution in [1.29, 1.82) is 0 Å². The van der Waals surface area contributed by atoms with Crippen LogP contribution in [0.2, 0.25) is 0 Å². The van der Waals surface area contributed by atoms with Crippen molar-refractivity contribution in [1.82, 2.24) is 14.3 Å². The number of rotatable bonds is 3. The van der Waals surface area contributed by atoms with E-state index in [2.05, 4.69) is 21.6 Å². The van der Waals surface area contributed by atoms with E-state index in [1.807, 2.05) is 17.9 Å². The van der Waals surface area contributed by atoms with E-state index in [1.54, 1.807) is 11.3 Å². The molecule has 112 valence electrons. The highest BCUT2D eigenvalue weighted by molar-refractivity contribution is 7.09. The van der Waals surface area contributed by atoms with Crippen molar-refractivity contribution < 1.29 is 9.53 Å². The highest BCUT2D eigenvalue weighted by atomic mass is 32.1. The maximum atomic E-state index is 11.7. The first kappa shape index (κ1) is 14.2. The van der Waals surface area contributed by atoms with Gasteiger partial charge in [0.2, 0.25) is 0 Å². The summed E-state index contributed by atoms with van der Waals surface area (Å²) < 4.78 is 8.89. The second-order valence-electron chi connectivity index (χ2n) is 4.97. The summed E-state index contributed by atoms with van der Waals surface area (Å²) in [4.78, 5) is 18.0. The lowest BCUT2D eigenvalue weighted by Crippen LogP contribution is -2.19. The summed E-state index contributed by atoms with van der Waals surface area (Å²) >= 11 is 1.60. The first-order valence-electron chi connectivity index (χ1n) is 6.96. The predicted octanol–water partition coefficient (Wildman–Crippen LogP) is 1.14. The number of amides is 1. The van der Waals surface area contributed by atoms with Crippen LogP contribution in [0.1, 0.15) is 17.5 Å². The van der Waals surface area contributed by atoms with E-state index in [0.29, 0.717) is 0 Å². The SMILES string of the molecule is CCn1c2c(sc1=NC(=O)COC)CCc1c-2cnn1C. The molecule has 0 N–H and O–H groups in total. The monoisotopic (exact) mass is 306 g/mol.